The van der Waals surface area contributed by atoms with Crippen molar-refractivity contribution < 1.29 is 45.0 Å². The molecule has 1 aromatic carbocycles. The minimum Gasteiger partial charge on any atom is -0.488 e. The van der Waals surface area contributed by atoms with Crippen molar-refractivity contribution in [1.29, 1.82) is 0 Å². The minimum absolute atomic E-state index is 0.0862. The zero-order valence-electron chi connectivity index (χ0n) is 29.1. The number of halogens is 6. The van der Waals surface area contributed by atoms with Crippen LogP contribution in [-0.2, 0) is 26.7 Å². The molecule has 1 heterocycles. The van der Waals surface area contributed by atoms with E-state index in [1.165, 1.54) is 11.3 Å². The van der Waals surface area contributed by atoms with Gasteiger partial charge in [-0.2, -0.15) is 26.3 Å². The van der Waals surface area contributed by atoms with E-state index in [-0.39, 0.29) is 16.7 Å². The van der Waals surface area contributed by atoms with Crippen LogP contribution in [0, 0.1) is 11.8 Å². The Bertz CT molecular complexity index is 1440. The van der Waals surface area contributed by atoms with E-state index in [4.69, 9.17) is 13.6 Å². The van der Waals surface area contributed by atoms with Gasteiger partial charge in [-0.1, -0.05) is 60.5 Å². The SMILES string of the molecule is CCC(=CC#CC(O)(C(F)(F)F)C(F)(F)F)c1ccc(COc2ccc(C(C)(C)O[SiH2]C(C)(C)C)c(C(C)(C)O[SiH2]C(C)(C)C)c2)s1. The Morgan fingerprint density at radius 2 is 1.30 bits per heavy atom. The Morgan fingerprint density at radius 3 is 1.77 bits per heavy atom. The molecule has 0 unspecified atom stereocenters. The van der Waals surface area contributed by atoms with E-state index in [1.807, 2.05) is 18.2 Å². The third-order valence-corrected chi connectivity index (χ3v) is 11.7. The average Bonchev–Trinajstić information content (AvgIpc) is 3.38. The van der Waals surface area contributed by atoms with E-state index in [1.54, 1.807) is 25.0 Å². The highest BCUT2D eigenvalue weighted by atomic mass is 32.1. The molecule has 0 saturated heterocycles. The van der Waals surface area contributed by atoms with Crippen LogP contribution < -0.4 is 4.74 Å². The highest BCUT2D eigenvalue weighted by Crippen LogP contribution is 2.43. The van der Waals surface area contributed by atoms with Crippen LogP contribution in [-0.4, -0.2) is 42.6 Å². The predicted octanol–water partition coefficient (Wildman–Crippen LogP) is 9.09. The fourth-order valence-corrected chi connectivity index (χ4v) is 7.15. The van der Waals surface area contributed by atoms with Crippen LogP contribution in [0.2, 0.25) is 10.1 Å². The van der Waals surface area contributed by atoms with Crippen molar-refractivity contribution >= 4 is 36.4 Å². The van der Waals surface area contributed by atoms with Crippen molar-refractivity contribution in [1.82, 2.24) is 0 Å². The van der Waals surface area contributed by atoms with Crippen LogP contribution in [0.4, 0.5) is 26.3 Å². The zero-order chi connectivity index (χ0) is 36.3. The van der Waals surface area contributed by atoms with Gasteiger partial charge in [0, 0.05) is 9.75 Å². The van der Waals surface area contributed by atoms with Gasteiger partial charge >= 0.3 is 18.0 Å². The maximum absolute atomic E-state index is 13.0. The van der Waals surface area contributed by atoms with E-state index in [0.29, 0.717) is 22.6 Å². The van der Waals surface area contributed by atoms with E-state index in [9.17, 15) is 31.4 Å². The lowest BCUT2D eigenvalue weighted by atomic mass is 9.85. The Morgan fingerprint density at radius 1 is 0.787 bits per heavy atom. The summed E-state index contributed by atoms with van der Waals surface area (Å²) in [5, 5.41) is 9.50. The molecule has 2 aromatic rings. The lowest BCUT2D eigenvalue weighted by Crippen LogP contribution is -2.55. The fourth-order valence-electron chi connectivity index (χ4n) is 4.25. The van der Waals surface area contributed by atoms with E-state index in [2.05, 4.69) is 69.2 Å². The predicted molar refractivity (Wildman–Crippen MR) is 183 cm³/mol. The molecule has 0 amide bonds. The first-order valence-electron chi connectivity index (χ1n) is 15.3. The first kappa shape index (κ1) is 41.1. The summed E-state index contributed by atoms with van der Waals surface area (Å²) in [6.45, 7) is 23.2. The number of allylic oxidation sites excluding steroid dienone is 2. The van der Waals surface area contributed by atoms with Crippen LogP contribution in [0.15, 0.2) is 36.4 Å². The van der Waals surface area contributed by atoms with Gasteiger partial charge in [-0.25, -0.2) is 0 Å². The molecule has 13 heteroatoms. The molecule has 47 heavy (non-hydrogen) atoms. The number of thiophene rings is 1. The zero-order valence-corrected chi connectivity index (χ0v) is 32.8. The minimum atomic E-state index is -6.00. The Kier molecular flexibility index (Phi) is 12.9. The summed E-state index contributed by atoms with van der Waals surface area (Å²) in [4.78, 5) is 1.40. The van der Waals surface area contributed by atoms with Crippen molar-refractivity contribution in [3.63, 3.8) is 0 Å². The second-order valence-corrected chi connectivity index (χ2v) is 21.5. The van der Waals surface area contributed by atoms with Crippen LogP contribution in [0.3, 0.4) is 0 Å². The maximum Gasteiger partial charge on any atom is 0.438 e. The molecular weight excluding hydrogens is 675 g/mol. The molecule has 2 rings (SSSR count). The number of hydrogen-bond donors (Lipinski definition) is 1. The Balaban J connectivity index is 2.38. The maximum atomic E-state index is 13.0. The monoisotopic (exact) mass is 722 g/mol. The van der Waals surface area contributed by atoms with Gasteiger partial charge in [-0.15, -0.1) is 11.3 Å². The van der Waals surface area contributed by atoms with Gasteiger partial charge < -0.3 is 18.7 Å². The summed E-state index contributed by atoms with van der Waals surface area (Å²) in [5.74, 6) is 3.38. The highest BCUT2D eigenvalue weighted by molar-refractivity contribution is 7.13. The van der Waals surface area contributed by atoms with Crippen molar-refractivity contribution in [3.05, 3.63) is 57.3 Å². The summed E-state index contributed by atoms with van der Waals surface area (Å²) in [5.41, 5.74) is -3.87. The summed E-state index contributed by atoms with van der Waals surface area (Å²) in [7, 11) is -1.77. The Hall–Kier alpha value is -2.09. The second-order valence-electron chi connectivity index (χ2n) is 15.0. The average molecular weight is 723 g/mol. The number of benzene rings is 1. The molecular formula is C34H48F6O4SSi2. The highest BCUT2D eigenvalue weighted by Gasteiger charge is 2.70. The molecule has 0 aliphatic rings. The summed E-state index contributed by atoms with van der Waals surface area (Å²) in [6.07, 6.45) is -10.7. The molecule has 264 valence electrons. The number of aliphatic hydroxyl groups is 1. The van der Waals surface area contributed by atoms with Gasteiger partial charge in [0.05, 0.1) is 11.2 Å². The van der Waals surface area contributed by atoms with Crippen molar-refractivity contribution in [2.75, 3.05) is 0 Å². The van der Waals surface area contributed by atoms with E-state index in [0.717, 1.165) is 28.0 Å². The molecule has 0 bridgehead atoms. The van der Waals surface area contributed by atoms with Crippen molar-refractivity contribution in [2.45, 2.75) is 128 Å². The summed E-state index contributed by atoms with van der Waals surface area (Å²) >= 11 is 1.29. The van der Waals surface area contributed by atoms with Gasteiger partial charge in [-0.05, 0) is 97.2 Å². The molecule has 0 spiro atoms. The second kappa shape index (κ2) is 14.8. The molecule has 4 nitrogen and oxygen atoms in total. The van der Waals surface area contributed by atoms with Gasteiger partial charge in [0.2, 0.25) is 0 Å². The smallest absolute Gasteiger partial charge is 0.438 e. The van der Waals surface area contributed by atoms with Crippen molar-refractivity contribution in [2.24, 2.45) is 0 Å². The van der Waals surface area contributed by atoms with E-state index < -0.39 is 48.7 Å². The number of alkyl halides is 6. The van der Waals surface area contributed by atoms with Gasteiger partial charge in [0.15, 0.2) is 19.5 Å². The van der Waals surface area contributed by atoms with Crippen LogP contribution in [0.5, 0.6) is 5.75 Å². The summed E-state index contributed by atoms with van der Waals surface area (Å²) < 4.78 is 97.2. The molecule has 0 atom stereocenters. The van der Waals surface area contributed by atoms with Gasteiger partial charge in [-0.3, -0.25) is 0 Å². The first-order chi connectivity index (χ1) is 21.1. The number of ether oxygens (including phenoxy) is 1. The van der Waals surface area contributed by atoms with Crippen LogP contribution >= 0.6 is 11.3 Å². The molecule has 0 aliphatic carbocycles. The summed E-state index contributed by atoms with van der Waals surface area (Å²) in [6, 6.07) is 9.39. The molecule has 0 saturated carbocycles. The lowest BCUT2D eigenvalue weighted by Gasteiger charge is -2.37. The third kappa shape index (κ3) is 11.5. The van der Waals surface area contributed by atoms with Crippen molar-refractivity contribution in [3.8, 4) is 17.6 Å². The van der Waals surface area contributed by atoms with Gasteiger partial charge in [0.25, 0.3) is 0 Å². The molecule has 1 N–H and O–H groups in total. The normalized spacial score (nSPS) is 14.7. The standard InChI is InChI=1S/C34H48F6O4SSi2/c1-12-22(14-13-19-32(41,33(35,36)37)34(38,39)40)27-18-16-24(45-27)21-42-23-15-17-25(30(8,9)43-46-28(2,3)4)26(20-23)31(10,11)44-47-29(5,6)7/h14-18,20,41H,12,21,46-47H2,1-11H3. The van der Waals surface area contributed by atoms with Gasteiger partial charge in [0.1, 0.15) is 12.4 Å². The fraction of sp³-hybridized carbons (Fsp3) is 0.588. The van der Waals surface area contributed by atoms with Crippen LogP contribution in [0.1, 0.15) is 103 Å². The molecule has 1 aromatic heterocycles. The van der Waals surface area contributed by atoms with E-state index >= 15 is 0 Å². The first-order valence-corrected chi connectivity index (χ1v) is 18.7. The largest absolute Gasteiger partial charge is 0.488 e. The topological polar surface area (TPSA) is 47.9 Å². The molecule has 0 aliphatic heterocycles. The lowest BCUT2D eigenvalue weighted by molar-refractivity contribution is -0.343. The third-order valence-electron chi connectivity index (χ3n) is 7.08. The quantitative estimate of drug-likeness (QED) is 0.143. The number of hydrogen-bond acceptors (Lipinski definition) is 5. The number of rotatable bonds is 11. The van der Waals surface area contributed by atoms with Crippen LogP contribution in [0.25, 0.3) is 5.57 Å². The molecule has 0 fully saturated rings. The molecule has 0 radical (unpaired) electrons. The Labute approximate surface area is 284 Å².